The second-order valence-electron chi connectivity index (χ2n) is 5.61. The summed E-state index contributed by atoms with van der Waals surface area (Å²) in [6, 6.07) is 7.80. The van der Waals surface area contributed by atoms with Crippen molar-refractivity contribution >= 4 is 22.5 Å². The number of ether oxygens (including phenoxy) is 2. The quantitative estimate of drug-likeness (QED) is 0.825. The molecule has 1 aliphatic rings. The van der Waals surface area contributed by atoms with E-state index in [4.69, 9.17) is 9.47 Å². The topological polar surface area (TPSA) is 75.7 Å². The van der Waals surface area contributed by atoms with E-state index in [1.165, 1.54) is 11.3 Å². The normalized spacial score (nSPS) is 16.2. The van der Waals surface area contributed by atoms with Crippen molar-refractivity contribution in [2.75, 3.05) is 45.3 Å². The molecular formula is C17H22N4O3S. The molecule has 1 unspecified atom stereocenters. The molecule has 0 radical (unpaired) electrons. The lowest BCUT2D eigenvalue weighted by atomic mass is 10.0. The number of rotatable bonds is 6. The van der Waals surface area contributed by atoms with E-state index in [0.717, 1.165) is 24.4 Å². The van der Waals surface area contributed by atoms with Crippen molar-refractivity contribution in [3.63, 3.8) is 0 Å². The molecule has 0 saturated carbocycles. The predicted molar refractivity (Wildman–Crippen MR) is 97.3 cm³/mol. The van der Waals surface area contributed by atoms with Gasteiger partial charge in [-0.3, -0.25) is 10.2 Å². The second kappa shape index (κ2) is 8.80. The fraction of sp³-hybridized carbons (Fsp3) is 0.412. The molecule has 2 N–H and O–H groups in total. The van der Waals surface area contributed by atoms with Crippen LogP contribution in [0.4, 0.5) is 9.93 Å². The summed E-state index contributed by atoms with van der Waals surface area (Å²) < 4.78 is 10.7. The Kier molecular flexibility index (Phi) is 6.21. The first-order valence-electron chi connectivity index (χ1n) is 8.16. The van der Waals surface area contributed by atoms with Crippen LogP contribution < -0.4 is 15.4 Å². The minimum atomic E-state index is -0.248. The van der Waals surface area contributed by atoms with Gasteiger partial charge in [0.2, 0.25) is 0 Å². The lowest BCUT2D eigenvalue weighted by Gasteiger charge is -2.35. The van der Waals surface area contributed by atoms with Crippen molar-refractivity contribution in [3.8, 4) is 5.75 Å². The second-order valence-corrected chi connectivity index (χ2v) is 6.50. The number of urea groups is 1. The Morgan fingerprint density at radius 3 is 2.76 bits per heavy atom. The van der Waals surface area contributed by atoms with E-state index < -0.39 is 0 Å². The van der Waals surface area contributed by atoms with Gasteiger partial charge >= 0.3 is 6.03 Å². The van der Waals surface area contributed by atoms with E-state index in [1.807, 2.05) is 29.6 Å². The largest absolute Gasteiger partial charge is 0.497 e. The number of aromatic nitrogens is 1. The Bertz CT molecular complexity index is 657. The zero-order valence-electron chi connectivity index (χ0n) is 14.1. The Morgan fingerprint density at radius 1 is 1.36 bits per heavy atom. The number of hydrogen-bond acceptors (Lipinski definition) is 6. The summed E-state index contributed by atoms with van der Waals surface area (Å²) in [5, 5.41) is 8.10. The minimum absolute atomic E-state index is 0.0804. The van der Waals surface area contributed by atoms with Gasteiger partial charge in [0.15, 0.2) is 5.13 Å². The molecule has 1 aromatic carbocycles. The lowest BCUT2D eigenvalue weighted by molar-refractivity contribution is 0.0167. The van der Waals surface area contributed by atoms with Crippen LogP contribution in [0.2, 0.25) is 0 Å². The number of methoxy groups -OCH3 is 1. The van der Waals surface area contributed by atoms with E-state index >= 15 is 0 Å². The van der Waals surface area contributed by atoms with E-state index in [1.54, 1.807) is 13.3 Å². The highest BCUT2D eigenvalue weighted by Crippen LogP contribution is 2.23. The molecule has 1 saturated heterocycles. The molecule has 0 aliphatic carbocycles. The molecule has 3 rings (SSSR count). The maximum absolute atomic E-state index is 12.1. The molecule has 8 heteroatoms. The van der Waals surface area contributed by atoms with Crippen molar-refractivity contribution in [1.29, 1.82) is 0 Å². The smallest absolute Gasteiger partial charge is 0.321 e. The summed E-state index contributed by atoms with van der Waals surface area (Å²) in [7, 11) is 1.65. The molecule has 2 heterocycles. The summed E-state index contributed by atoms with van der Waals surface area (Å²) in [5.41, 5.74) is 1.14. The molecule has 1 aromatic heterocycles. The van der Waals surface area contributed by atoms with Crippen LogP contribution in [-0.4, -0.2) is 55.9 Å². The van der Waals surface area contributed by atoms with Crippen molar-refractivity contribution < 1.29 is 14.3 Å². The number of carbonyl (C=O) groups excluding carboxylic acids is 1. The van der Waals surface area contributed by atoms with Crippen LogP contribution >= 0.6 is 11.3 Å². The van der Waals surface area contributed by atoms with E-state index in [-0.39, 0.29) is 12.1 Å². The molecular weight excluding hydrogens is 340 g/mol. The third-order valence-corrected chi connectivity index (χ3v) is 4.78. The molecule has 7 nitrogen and oxygen atoms in total. The zero-order chi connectivity index (χ0) is 17.5. The van der Waals surface area contributed by atoms with Crippen molar-refractivity contribution in [3.05, 3.63) is 41.4 Å². The highest BCUT2D eigenvalue weighted by Gasteiger charge is 2.23. The summed E-state index contributed by atoms with van der Waals surface area (Å²) >= 11 is 1.39. The molecule has 1 aliphatic heterocycles. The van der Waals surface area contributed by atoms with Crippen LogP contribution in [-0.2, 0) is 4.74 Å². The standard InChI is InChI=1S/C17H22N4O3S/c1-23-14-4-2-13(3-5-14)15(21-7-9-24-10-8-21)12-19-16(22)20-17-18-6-11-25-17/h2-6,11,15H,7-10,12H2,1H3,(H2,18,19,20,22). The average Bonchev–Trinajstić information content (AvgIpc) is 3.16. The minimum Gasteiger partial charge on any atom is -0.497 e. The molecule has 0 bridgehead atoms. The molecule has 25 heavy (non-hydrogen) atoms. The Morgan fingerprint density at radius 2 is 2.12 bits per heavy atom. The van der Waals surface area contributed by atoms with Gasteiger partial charge in [0.25, 0.3) is 0 Å². The summed E-state index contributed by atoms with van der Waals surface area (Å²) in [6.45, 7) is 3.60. The number of carbonyl (C=O) groups is 1. The van der Waals surface area contributed by atoms with Gasteiger partial charge in [-0.05, 0) is 17.7 Å². The van der Waals surface area contributed by atoms with E-state index in [9.17, 15) is 4.79 Å². The monoisotopic (exact) mass is 362 g/mol. The van der Waals surface area contributed by atoms with E-state index in [2.05, 4.69) is 20.5 Å². The van der Waals surface area contributed by atoms with Crippen LogP contribution in [0.25, 0.3) is 0 Å². The summed E-state index contributed by atoms with van der Waals surface area (Å²) in [4.78, 5) is 18.5. The van der Waals surface area contributed by atoms with Crippen LogP contribution in [0.3, 0.4) is 0 Å². The van der Waals surface area contributed by atoms with Crippen LogP contribution in [0, 0.1) is 0 Å². The lowest BCUT2D eigenvalue weighted by Crippen LogP contribution is -2.44. The molecule has 2 amide bonds. The maximum Gasteiger partial charge on any atom is 0.321 e. The first-order valence-corrected chi connectivity index (χ1v) is 9.04. The Balaban J connectivity index is 1.65. The molecule has 0 spiro atoms. The van der Waals surface area contributed by atoms with Gasteiger partial charge in [-0.1, -0.05) is 12.1 Å². The summed E-state index contributed by atoms with van der Waals surface area (Å²) in [6.07, 6.45) is 1.66. The number of morpholine rings is 1. The number of amides is 2. The Labute approximate surface area is 151 Å². The highest BCUT2D eigenvalue weighted by atomic mass is 32.1. The number of anilines is 1. The number of hydrogen-bond donors (Lipinski definition) is 2. The van der Waals surface area contributed by atoms with Crippen LogP contribution in [0.5, 0.6) is 5.75 Å². The zero-order valence-corrected chi connectivity index (χ0v) is 14.9. The molecule has 134 valence electrons. The SMILES string of the molecule is COc1ccc(C(CNC(=O)Nc2nccs2)N2CCOCC2)cc1. The number of nitrogens with one attached hydrogen (secondary N) is 2. The fourth-order valence-corrected chi connectivity index (χ4v) is 3.31. The van der Waals surface area contributed by atoms with Gasteiger partial charge in [0.1, 0.15) is 5.75 Å². The van der Waals surface area contributed by atoms with Crippen LogP contribution in [0.1, 0.15) is 11.6 Å². The van der Waals surface area contributed by atoms with Crippen molar-refractivity contribution in [1.82, 2.24) is 15.2 Å². The van der Waals surface area contributed by atoms with Gasteiger partial charge in [-0.25, -0.2) is 9.78 Å². The number of nitrogens with zero attached hydrogens (tertiary/aromatic N) is 2. The number of thiazole rings is 1. The molecule has 1 atom stereocenters. The fourth-order valence-electron chi connectivity index (χ4n) is 2.79. The van der Waals surface area contributed by atoms with Gasteiger partial charge in [-0.15, -0.1) is 11.3 Å². The van der Waals surface area contributed by atoms with Crippen LogP contribution in [0.15, 0.2) is 35.8 Å². The van der Waals surface area contributed by atoms with Gasteiger partial charge in [0, 0.05) is 31.2 Å². The average molecular weight is 362 g/mol. The Hall–Kier alpha value is -2.16. The third-order valence-electron chi connectivity index (χ3n) is 4.10. The molecule has 2 aromatic rings. The molecule has 1 fully saturated rings. The van der Waals surface area contributed by atoms with Gasteiger partial charge < -0.3 is 14.8 Å². The predicted octanol–water partition coefficient (Wildman–Crippen LogP) is 2.35. The van der Waals surface area contributed by atoms with Crippen molar-refractivity contribution in [2.24, 2.45) is 0 Å². The van der Waals surface area contributed by atoms with Crippen molar-refractivity contribution in [2.45, 2.75) is 6.04 Å². The third kappa shape index (κ3) is 4.91. The van der Waals surface area contributed by atoms with Gasteiger partial charge in [-0.2, -0.15) is 0 Å². The summed E-state index contributed by atoms with van der Waals surface area (Å²) in [5.74, 6) is 0.818. The van der Waals surface area contributed by atoms with Gasteiger partial charge in [0.05, 0.1) is 26.4 Å². The first-order chi connectivity index (χ1) is 12.3. The van der Waals surface area contributed by atoms with E-state index in [0.29, 0.717) is 24.9 Å². The first kappa shape index (κ1) is 17.7. The highest BCUT2D eigenvalue weighted by molar-refractivity contribution is 7.13. The maximum atomic E-state index is 12.1. The number of benzene rings is 1.